The van der Waals surface area contributed by atoms with Crippen LogP contribution in [-0.4, -0.2) is 24.3 Å². The Bertz CT molecular complexity index is 803. The zero-order chi connectivity index (χ0) is 18.2. The number of aliphatic hydroxyl groups is 1. The number of aliphatic hydroxyl groups excluding tert-OH is 1. The second-order valence-electron chi connectivity index (χ2n) is 5.49. The van der Waals surface area contributed by atoms with Crippen LogP contribution in [0.15, 0.2) is 60.0 Å². The maximum absolute atomic E-state index is 11.8. The Morgan fingerprint density at radius 3 is 2.65 bits per heavy atom. The quantitative estimate of drug-likeness (QED) is 0.515. The average Bonchev–Trinajstić information content (AvgIpc) is 3.36. The number of nitrogens with one attached hydrogen (secondary N) is 2. The number of ether oxygens (including phenoxy) is 1. The molecule has 136 valence electrons. The van der Waals surface area contributed by atoms with Gasteiger partial charge in [-0.2, -0.15) is 0 Å². The van der Waals surface area contributed by atoms with Gasteiger partial charge in [0.1, 0.15) is 18.5 Å². The van der Waals surface area contributed by atoms with Crippen molar-refractivity contribution >= 4 is 28.7 Å². The molecule has 2 aromatic heterocycles. The minimum atomic E-state index is -0.599. The Morgan fingerprint density at radius 2 is 1.88 bits per heavy atom. The highest BCUT2D eigenvalue weighted by molar-refractivity contribution is 7.12. The van der Waals surface area contributed by atoms with E-state index < -0.39 is 6.10 Å². The lowest BCUT2D eigenvalue weighted by molar-refractivity contribution is 0.228. The second kappa shape index (κ2) is 9.38. The van der Waals surface area contributed by atoms with Gasteiger partial charge in [0.15, 0.2) is 0 Å². The maximum Gasteiger partial charge on any atom is 0.315 e. The summed E-state index contributed by atoms with van der Waals surface area (Å²) in [6.45, 7) is 1.26. The summed E-state index contributed by atoms with van der Waals surface area (Å²) in [5.74, 6) is 0.783. The zero-order valence-corrected chi connectivity index (χ0v) is 15.7. The van der Waals surface area contributed by atoms with Crippen molar-refractivity contribution < 1.29 is 14.6 Å². The van der Waals surface area contributed by atoms with Crippen LogP contribution >= 0.6 is 22.7 Å². The first kappa shape index (κ1) is 18.4. The molecule has 0 aliphatic carbocycles. The van der Waals surface area contributed by atoms with Crippen LogP contribution in [0.1, 0.15) is 20.7 Å². The fourth-order valence-corrected chi connectivity index (χ4v) is 4.06. The topological polar surface area (TPSA) is 70.6 Å². The third-order valence-electron chi connectivity index (χ3n) is 3.59. The first-order chi connectivity index (χ1) is 12.7. The molecular weight excluding hydrogens is 368 g/mol. The number of urea groups is 1. The lowest BCUT2D eigenvalue weighted by Gasteiger charge is -2.08. The van der Waals surface area contributed by atoms with E-state index in [0.717, 1.165) is 20.4 Å². The summed E-state index contributed by atoms with van der Waals surface area (Å²) in [7, 11) is 0. The molecule has 7 heteroatoms. The van der Waals surface area contributed by atoms with Crippen molar-refractivity contribution in [2.45, 2.75) is 12.6 Å². The van der Waals surface area contributed by atoms with Crippen LogP contribution in [-0.2, 0) is 6.54 Å². The number of rotatable bonds is 8. The molecule has 2 amide bonds. The normalized spacial score (nSPS) is 11.7. The Morgan fingerprint density at radius 1 is 1.04 bits per heavy atom. The molecule has 3 N–H and O–H groups in total. The highest BCUT2D eigenvalue weighted by Gasteiger charge is 2.14. The fourth-order valence-electron chi connectivity index (χ4n) is 2.30. The van der Waals surface area contributed by atoms with E-state index in [1.807, 2.05) is 60.0 Å². The lowest BCUT2D eigenvalue weighted by Crippen LogP contribution is -2.37. The van der Waals surface area contributed by atoms with Crippen molar-refractivity contribution in [3.63, 3.8) is 0 Å². The molecule has 3 rings (SSSR count). The number of hydrogen-bond donors (Lipinski definition) is 3. The molecule has 0 aliphatic heterocycles. The minimum Gasteiger partial charge on any atom is -0.492 e. The van der Waals surface area contributed by atoms with Gasteiger partial charge in [-0.1, -0.05) is 24.3 Å². The Kier molecular flexibility index (Phi) is 6.65. The molecule has 1 atom stereocenters. The van der Waals surface area contributed by atoms with Gasteiger partial charge in [-0.3, -0.25) is 0 Å². The van der Waals surface area contributed by atoms with E-state index in [2.05, 4.69) is 10.6 Å². The van der Waals surface area contributed by atoms with E-state index in [1.54, 1.807) is 0 Å². The summed E-state index contributed by atoms with van der Waals surface area (Å²) in [5, 5.41) is 17.8. The number of hydrogen-bond acceptors (Lipinski definition) is 5. The van der Waals surface area contributed by atoms with Gasteiger partial charge in [0, 0.05) is 14.6 Å². The molecular formula is C19H20N2O3S2. The average molecular weight is 389 g/mol. The van der Waals surface area contributed by atoms with Crippen molar-refractivity contribution in [3.8, 4) is 5.75 Å². The molecule has 0 aliphatic rings. The van der Waals surface area contributed by atoms with Gasteiger partial charge in [-0.05, 0) is 35.7 Å². The molecule has 0 radical (unpaired) electrons. The van der Waals surface area contributed by atoms with Crippen molar-refractivity contribution in [1.29, 1.82) is 0 Å². The van der Waals surface area contributed by atoms with Crippen LogP contribution < -0.4 is 15.4 Å². The first-order valence-corrected chi connectivity index (χ1v) is 9.91. The summed E-state index contributed by atoms with van der Waals surface area (Å²) >= 11 is 3.02. The first-order valence-electron chi connectivity index (χ1n) is 8.22. The van der Waals surface area contributed by atoms with E-state index in [1.165, 1.54) is 22.7 Å². The molecule has 0 spiro atoms. The van der Waals surface area contributed by atoms with Gasteiger partial charge in [-0.15, -0.1) is 22.7 Å². The Balaban J connectivity index is 1.37. The van der Waals surface area contributed by atoms with E-state index in [9.17, 15) is 9.90 Å². The van der Waals surface area contributed by atoms with E-state index in [-0.39, 0.29) is 6.03 Å². The maximum atomic E-state index is 11.8. The van der Waals surface area contributed by atoms with E-state index >= 15 is 0 Å². The lowest BCUT2D eigenvalue weighted by atomic mass is 10.2. The predicted octanol–water partition coefficient (Wildman–Crippen LogP) is 3.77. The predicted molar refractivity (Wildman–Crippen MR) is 105 cm³/mol. The molecule has 1 aromatic carbocycles. The van der Waals surface area contributed by atoms with Crippen molar-refractivity contribution in [2.24, 2.45) is 0 Å². The Labute approximate surface area is 160 Å². The summed E-state index contributed by atoms with van der Waals surface area (Å²) in [4.78, 5) is 14.6. The van der Waals surface area contributed by atoms with Crippen LogP contribution in [0.2, 0.25) is 0 Å². The van der Waals surface area contributed by atoms with Crippen molar-refractivity contribution in [3.05, 3.63) is 74.6 Å². The summed E-state index contributed by atoms with van der Waals surface area (Å²) in [5.41, 5.74) is 0. The molecule has 26 heavy (non-hydrogen) atoms. The highest BCUT2D eigenvalue weighted by atomic mass is 32.1. The van der Waals surface area contributed by atoms with Gasteiger partial charge >= 0.3 is 6.03 Å². The van der Waals surface area contributed by atoms with E-state index in [4.69, 9.17) is 4.74 Å². The number of amides is 2. The van der Waals surface area contributed by atoms with Gasteiger partial charge < -0.3 is 20.5 Å². The minimum absolute atomic E-state index is 0.240. The zero-order valence-electron chi connectivity index (χ0n) is 14.1. The van der Waals surface area contributed by atoms with Gasteiger partial charge in [0.05, 0.1) is 13.1 Å². The van der Waals surface area contributed by atoms with Gasteiger partial charge in [0.2, 0.25) is 0 Å². The number of para-hydroxylation sites is 1. The molecule has 1 unspecified atom stereocenters. The van der Waals surface area contributed by atoms with Crippen LogP contribution in [0.25, 0.3) is 0 Å². The third kappa shape index (κ3) is 5.32. The smallest absolute Gasteiger partial charge is 0.315 e. The summed E-state index contributed by atoms with van der Waals surface area (Å²) in [6.07, 6.45) is -0.599. The molecule has 5 nitrogen and oxygen atoms in total. The highest BCUT2D eigenvalue weighted by Crippen LogP contribution is 2.30. The SMILES string of the molecule is O=C(NCCOc1ccccc1)NCc1ccc(C(O)c2cccs2)s1. The molecule has 0 bridgehead atoms. The second-order valence-corrected chi connectivity index (χ2v) is 7.67. The summed E-state index contributed by atoms with van der Waals surface area (Å²) < 4.78 is 5.52. The number of benzene rings is 1. The molecule has 2 heterocycles. The van der Waals surface area contributed by atoms with Gasteiger partial charge in [0.25, 0.3) is 0 Å². The molecule has 3 aromatic rings. The van der Waals surface area contributed by atoms with Crippen LogP contribution in [0.4, 0.5) is 4.79 Å². The number of carbonyl (C=O) groups excluding carboxylic acids is 1. The van der Waals surface area contributed by atoms with Crippen molar-refractivity contribution in [1.82, 2.24) is 10.6 Å². The van der Waals surface area contributed by atoms with Crippen LogP contribution in [0.3, 0.4) is 0 Å². The van der Waals surface area contributed by atoms with Gasteiger partial charge in [-0.25, -0.2) is 4.79 Å². The molecule has 0 saturated heterocycles. The van der Waals surface area contributed by atoms with Crippen LogP contribution in [0, 0.1) is 0 Å². The number of carbonyl (C=O) groups is 1. The van der Waals surface area contributed by atoms with Crippen molar-refractivity contribution in [2.75, 3.05) is 13.2 Å². The third-order valence-corrected chi connectivity index (χ3v) is 5.65. The molecule has 0 fully saturated rings. The standard InChI is InChI=1S/C19H20N2O3S2/c22-18(16-7-4-12-25-16)17-9-8-15(26-17)13-21-19(23)20-10-11-24-14-5-2-1-3-6-14/h1-9,12,18,22H,10-11,13H2,(H2,20,21,23). The fraction of sp³-hybridized carbons (Fsp3) is 0.211. The summed E-state index contributed by atoms with van der Waals surface area (Å²) in [6, 6.07) is 16.9. The largest absolute Gasteiger partial charge is 0.492 e. The molecule has 0 saturated carbocycles. The number of thiophene rings is 2. The Hall–Kier alpha value is -2.35. The monoisotopic (exact) mass is 388 g/mol. The van der Waals surface area contributed by atoms with E-state index in [0.29, 0.717) is 19.7 Å². The van der Waals surface area contributed by atoms with Crippen LogP contribution in [0.5, 0.6) is 5.75 Å².